The highest BCUT2D eigenvalue weighted by Crippen LogP contribution is 2.29. The average Bonchev–Trinajstić information content (AvgIpc) is 2.76. The molecule has 0 aromatic heterocycles. The number of nitro benzene ring substituents is 1. The fraction of sp³-hybridized carbons (Fsp3) is 0.455. The van der Waals surface area contributed by atoms with E-state index in [1.807, 2.05) is 4.90 Å². The van der Waals surface area contributed by atoms with Gasteiger partial charge in [-0.15, -0.1) is 0 Å². The standard InChI is InChI=1S/C11H14FN3O2/c12-8-4-10(6-11(5-8)15(16)17)14-3-1-2-9(14)7-13/h4-6,9H,1-3,7,13H2. The predicted molar refractivity (Wildman–Crippen MR) is 62.5 cm³/mol. The summed E-state index contributed by atoms with van der Waals surface area (Å²) in [6, 6.07) is 3.80. The van der Waals surface area contributed by atoms with Crippen LogP contribution in [0.2, 0.25) is 0 Å². The number of rotatable bonds is 3. The Labute approximate surface area is 98.2 Å². The first-order valence-corrected chi connectivity index (χ1v) is 5.53. The van der Waals surface area contributed by atoms with E-state index in [-0.39, 0.29) is 11.7 Å². The third-order valence-electron chi connectivity index (χ3n) is 3.06. The number of halogens is 1. The highest BCUT2D eigenvalue weighted by molar-refractivity contribution is 5.55. The van der Waals surface area contributed by atoms with Gasteiger partial charge in [-0.2, -0.15) is 0 Å². The molecular formula is C11H14FN3O2. The summed E-state index contributed by atoms with van der Waals surface area (Å²) >= 11 is 0. The maximum Gasteiger partial charge on any atom is 0.274 e. The van der Waals surface area contributed by atoms with Crippen molar-refractivity contribution in [1.82, 2.24) is 0 Å². The van der Waals surface area contributed by atoms with Crippen LogP contribution in [0.1, 0.15) is 12.8 Å². The van der Waals surface area contributed by atoms with Crippen molar-refractivity contribution in [2.75, 3.05) is 18.0 Å². The Kier molecular flexibility index (Phi) is 3.23. The molecule has 1 aromatic carbocycles. The molecule has 1 aromatic rings. The average molecular weight is 239 g/mol. The van der Waals surface area contributed by atoms with Gasteiger partial charge in [-0.3, -0.25) is 10.1 Å². The molecule has 1 unspecified atom stereocenters. The van der Waals surface area contributed by atoms with Gasteiger partial charge >= 0.3 is 0 Å². The molecule has 0 amide bonds. The van der Waals surface area contributed by atoms with Crippen molar-refractivity contribution in [2.45, 2.75) is 18.9 Å². The van der Waals surface area contributed by atoms with E-state index in [4.69, 9.17) is 5.73 Å². The predicted octanol–water partition coefficient (Wildman–Crippen LogP) is 1.66. The maximum absolute atomic E-state index is 13.3. The molecule has 92 valence electrons. The number of benzene rings is 1. The van der Waals surface area contributed by atoms with Crippen LogP contribution in [-0.4, -0.2) is 24.1 Å². The number of nitro groups is 1. The van der Waals surface area contributed by atoms with Crippen LogP contribution in [0.4, 0.5) is 15.8 Å². The SMILES string of the molecule is NCC1CCCN1c1cc(F)cc([N+](=O)[O-])c1. The third-order valence-corrected chi connectivity index (χ3v) is 3.06. The summed E-state index contributed by atoms with van der Waals surface area (Å²) in [5.74, 6) is -0.586. The van der Waals surface area contributed by atoms with Gasteiger partial charge in [-0.1, -0.05) is 0 Å². The third kappa shape index (κ3) is 2.36. The molecule has 1 fully saturated rings. The first-order valence-electron chi connectivity index (χ1n) is 5.53. The highest BCUT2D eigenvalue weighted by Gasteiger charge is 2.25. The lowest BCUT2D eigenvalue weighted by Crippen LogP contribution is -2.35. The second kappa shape index (κ2) is 4.67. The number of nitrogens with zero attached hydrogens (tertiary/aromatic N) is 2. The van der Waals surface area contributed by atoms with Crippen LogP contribution >= 0.6 is 0 Å². The first-order chi connectivity index (χ1) is 8.11. The lowest BCUT2D eigenvalue weighted by atomic mass is 10.2. The molecule has 1 saturated heterocycles. The zero-order valence-corrected chi connectivity index (χ0v) is 9.30. The summed E-state index contributed by atoms with van der Waals surface area (Å²) in [5.41, 5.74) is 5.95. The van der Waals surface area contributed by atoms with E-state index in [0.717, 1.165) is 25.5 Å². The molecule has 5 nitrogen and oxygen atoms in total. The van der Waals surface area contributed by atoms with Crippen molar-refractivity contribution < 1.29 is 9.31 Å². The van der Waals surface area contributed by atoms with Crippen LogP contribution in [0.15, 0.2) is 18.2 Å². The molecule has 2 N–H and O–H groups in total. The van der Waals surface area contributed by atoms with E-state index < -0.39 is 10.7 Å². The molecule has 1 aliphatic rings. The van der Waals surface area contributed by atoms with Crippen molar-refractivity contribution in [3.05, 3.63) is 34.1 Å². The molecule has 0 saturated carbocycles. The molecule has 0 aliphatic carbocycles. The lowest BCUT2D eigenvalue weighted by molar-refractivity contribution is -0.385. The largest absolute Gasteiger partial charge is 0.367 e. The van der Waals surface area contributed by atoms with E-state index in [9.17, 15) is 14.5 Å². The number of hydrogen-bond acceptors (Lipinski definition) is 4. The van der Waals surface area contributed by atoms with Gasteiger partial charge in [0.05, 0.1) is 11.0 Å². The summed E-state index contributed by atoms with van der Waals surface area (Å²) in [6.07, 6.45) is 1.92. The Hall–Kier alpha value is -1.69. The van der Waals surface area contributed by atoms with E-state index in [2.05, 4.69) is 0 Å². The van der Waals surface area contributed by atoms with Crippen LogP contribution in [0.25, 0.3) is 0 Å². The zero-order valence-electron chi connectivity index (χ0n) is 9.30. The monoisotopic (exact) mass is 239 g/mol. The van der Waals surface area contributed by atoms with Crippen LogP contribution < -0.4 is 10.6 Å². The van der Waals surface area contributed by atoms with Crippen molar-refractivity contribution in [3.8, 4) is 0 Å². The van der Waals surface area contributed by atoms with Gasteiger partial charge in [0, 0.05) is 30.9 Å². The topological polar surface area (TPSA) is 72.4 Å². The van der Waals surface area contributed by atoms with Gasteiger partial charge in [0.2, 0.25) is 0 Å². The first kappa shape index (κ1) is 11.8. The molecule has 1 heterocycles. The van der Waals surface area contributed by atoms with Gasteiger partial charge < -0.3 is 10.6 Å². The quantitative estimate of drug-likeness (QED) is 0.643. The second-order valence-electron chi connectivity index (χ2n) is 4.15. The highest BCUT2D eigenvalue weighted by atomic mass is 19.1. The van der Waals surface area contributed by atoms with Crippen LogP contribution in [-0.2, 0) is 0 Å². The van der Waals surface area contributed by atoms with Gasteiger partial charge in [-0.25, -0.2) is 4.39 Å². The van der Waals surface area contributed by atoms with Crippen LogP contribution in [0, 0.1) is 15.9 Å². The summed E-state index contributed by atoms with van der Waals surface area (Å²) in [5, 5.41) is 10.7. The smallest absolute Gasteiger partial charge is 0.274 e. The molecule has 17 heavy (non-hydrogen) atoms. The van der Waals surface area contributed by atoms with Crippen LogP contribution in [0.3, 0.4) is 0 Å². The minimum Gasteiger partial charge on any atom is -0.367 e. The van der Waals surface area contributed by atoms with Crippen molar-refractivity contribution in [2.24, 2.45) is 5.73 Å². The van der Waals surface area contributed by atoms with Crippen molar-refractivity contribution in [3.63, 3.8) is 0 Å². The number of nitrogens with two attached hydrogens (primary N) is 1. The zero-order chi connectivity index (χ0) is 12.4. The van der Waals surface area contributed by atoms with Gasteiger partial charge in [0.25, 0.3) is 5.69 Å². The Morgan fingerprint density at radius 2 is 2.29 bits per heavy atom. The summed E-state index contributed by atoms with van der Waals surface area (Å²) < 4.78 is 13.3. The molecule has 1 atom stereocenters. The molecular weight excluding hydrogens is 225 g/mol. The molecule has 6 heteroatoms. The number of hydrogen-bond donors (Lipinski definition) is 1. The number of anilines is 1. The molecule has 2 rings (SSSR count). The Bertz CT molecular complexity index is 439. The second-order valence-corrected chi connectivity index (χ2v) is 4.15. The molecule has 0 spiro atoms. The van der Waals surface area contributed by atoms with E-state index in [1.165, 1.54) is 12.1 Å². The van der Waals surface area contributed by atoms with Gasteiger partial charge in [-0.05, 0) is 18.9 Å². The Morgan fingerprint density at radius 3 is 2.94 bits per heavy atom. The Balaban J connectivity index is 2.34. The summed E-state index contributed by atoms with van der Waals surface area (Å²) in [7, 11) is 0. The van der Waals surface area contributed by atoms with E-state index in [0.29, 0.717) is 12.2 Å². The molecule has 0 bridgehead atoms. The van der Waals surface area contributed by atoms with E-state index >= 15 is 0 Å². The summed E-state index contributed by atoms with van der Waals surface area (Å²) in [4.78, 5) is 12.0. The molecule has 1 aliphatic heterocycles. The summed E-state index contributed by atoms with van der Waals surface area (Å²) in [6.45, 7) is 1.24. The lowest BCUT2D eigenvalue weighted by Gasteiger charge is -2.25. The van der Waals surface area contributed by atoms with Crippen molar-refractivity contribution >= 4 is 11.4 Å². The van der Waals surface area contributed by atoms with E-state index in [1.54, 1.807) is 0 Å². The van der Waals surface area contributed by atoms with Crippen LogP contribution in [0.5, 0.6) is 0 Å². The van der Waals surface area contributed by atoms with Crippen molar-refractivity contribution in [1.29, 1.82) is 0 Å². The van der Waals surface area contributed by atoms with Gasteiger partial charge in [0.1, 0.15) is 5.82 Å². The normalized spacial score (nSPS) is 19.6. The molecule has 0 radical (unpaired) electrons. The number of non-ortho nitro benzene ring substituents is 1. The Morgan fingerprint density at radius 1 is 1.53 bits per heavy atom. The minimum absolute atomic E-state index is 0.149. The van der Waals surface area contributed by atoms with Gasteiger partial charge in [0.15, 0.2) is 0 Å². The fourth-order valence-electron chi connectivity index (χ4n) is 2.25. The fourth-order valence-corrected chi connectivity index (χ4v) is 2.25. The minimum atomic E-state index is -0.586. The maximum atomic E-state index is 13.3.